The number of benzene rings is 1. The maximum atomic E-state index is 9.03. The number of rotatable bonds is 5. The van der Waals surface area contributed by atoms with Crippen LogP contribution in [0, 0.1) is 5.92 Å². The van der Waals surface area contributed by atoms with Crippen molar-refractivity contribution in [2.45, 2.75) is 27.0 Å². The molecule has 0 saturated carbocycles. The summed E-state index contributed by atoms with van der Waals surface area (Å²) in [5, 5.41) is 9.03. The van der Waals surface area contributed by atoms with Crippen molar-refractivity contribution in [3.8, 4) is 0 Å². The van der Waals surface area contributed by atoms with Crippen molar-refractivity contribution in [3.05, 3.63) is 35.4 Å². The lowest BCUT2D eigenvalue weighted by atomic mass is 10.1. The Balaban J connectivity index is 2.55. The first kappa shape index (κ1) is 12.2. The molecule has 1 rings (SSSR count). The van der Waals surface area contributed by atoms with Crippen LogP contribution in [0.5, 0.6) is 0 Å². The lowest BCUT2D eigenvalue weighted by molar-refractivity contribution is 0.279. The highest BCUT2D eigenvalue weighted by Crippen LogP contribution is 2.08. The molecule has 84 valence electrons. The summed E-state index contributed by atoms with van der Waals surface area (Å²) >= 11 is 0. The molecule has 15 heavy (non-hydrogen) atoms. The standard InChI is InChI=1S/C13H21NO/c1-11(2)8-14(3)9-12-5-4-6-13(7-12)10-15/h4-7,11,15H,8-10H2,1-3H3. The van der Waals surface area contributed by atoms with Crippen LogP contribution in [0.25, 0.3) is 0 Å². The largest absolute Gasteiger partial charge is 0.392 e. The minimum Gasteiger partial charge on any atom is -0.392 e. The first-order valence-electron chi connectivity index (χ1n) is 5.49. The van der Waals surface area contributed by atoms with E-state index in [-0.39, 0.29) is 6.61 Å². The van der Waals surface area contributed by atoms with E-state index in [1.807, 2.05) is 12.1 Å². The maximum Gasteiger partial charge on any atom is 0.0681 e. The quantitative estimate of drug-likeness (QED) is 0.800. The van der Waals surface area contributed by atoms with E-state index in [0.717, 1.165) is 18.7 Å². The van der Waals surface area contributed by atoms with E-state index < -0.39 is 0 Å². The van der Waals surface area contributed by atoms with Gasteiger partial charge < -0.3 is 10.0 Å². The van der Waals surface area contributed by atoms with Crippen LogP contribution in [0.4, 0.5) is 0 Å². The van der Waals surface area contributed by atoms with E-state index in [2.05, 4.69) is 37.9 Å². The van der Waals surface area contributed by atoms with Gasteiger partial charge in [0.25, 0.3) is 0 Å². The van der Waals surface area contributed by atoms with Crippen molar-refractivity contribution in [2.24, 2.45) is 5.92 Å². The summed E-state index contributed by atoms with van der Waals surface area (Å²) in [6.07, 6.45) is 0. The Hall–Kier alpha value is -0.860. The molecule has 0 amide bonds. The Kier molecular flexibility index (Phi) is 4.79. The second-order valence-electron chi connectivity index (χ2n) is 4.57. The summed E-state index contributed by atoms with van der Waals surface area (Å²) in [4.78, 5) is 2.31. The van der Waals surface area contributed by atoms with Crippen LogP contribution in [-0.4, -0.2) is 23.6 Å². The molecule has 1 N–H and O–H groups in total. The molecule has 1 aromatic rings. The fourth-order valence-electron chi connectivity index (χ4n) is 1.83. The van der Waals surface area contributed by atoms with E-state index in [0.29, 0.717) is 5.92 Å². The second kappa shape index (κ2) is 5.89. The van der Waals surface area contributed by atoms with Crippen LogP contribution < -0.4 is 0 Å². The van der Waals surface area contributed by atoms with Crippen LogP contribution in [0.3, 0.4) is 0 Å². The van der Waals surface area contributed by atoms with Crippen molar-refractivity contribution in [2.75, 3.05) is 13.6 Å². The SMILES string of the molecule is CC(C)CN(C)Cc1cccc(CO)c1. The molecule has 2 heteroatoms. The Morgan fingerprint density at radius 1 is 1.27 bits per heavy atom. The summed E-state index contributed by atoms with van der Waals surface area (Å²) < 4.78 is 0. The van der Waals surface area contributed by atoms with Crippen LogP contribution in [0.2, 0.25) is 0 Å². The van der Waals surface area contributed by atoms with Gasteiger partial charge in [0, 0.05) is 13.1 Å². The summed E-state index contributed by atoms with van der Waals surface area (Å²) in [5.41, 5.74) is 2.26. The molecule has 0 saturated heterocycles. The van der Waals surface area contributed by atoms with E-state index in [9.17, 15) is 0 Å². The monoisotopic (exact) mass is 207 g/mol. The first-order chi connectivity index (χ1) is 7.11. The van der Waals surface area contributed by atoms with Gasteiger partial charge in [0.1, 0.15) is 0 Å². The molecule has 0 aliphatic carbocycles. The summed E-state index contributed by atoms with van der Waals surface area (Å²) in [5.74, 6) is 0.691. The molecule has 1 aromatic carbocycles. The fourth-order valence-corrected chi connectivity index (χ4v) is 1.83. The van der Waals surface area contributed by atoms with E-state index in [1.165, 1.54) is 5.56 Å². The van der Waals surface area contributed by atoms with Gasteiger partial charge in [0.05, 0.1) is 6.61 Å². The molecule has 0 heterocycles. The van der Waals surface area contributed by atoms with Gasteiger partial charge in [-0.2, -0.15) is 0 Å². The predicted molar refractivity (Wildman–Crippen MR) is 63.5 cm³/mol. The van der Waals surface area contributed by atoms with Crippen LogP contribution in [-0.2, 0) is 13.2 Å². The molecule has 2 nitrogen and oxygen atoms in total. The molecule has 0 fully saturated rings. The van der Waals surface area contributed by atoms with Gasteiger partial charge in [0.2, 0.25) is 0 Å². The Morgan fingerprint density at radius 2 is 1.93 bits per heavy atom. The normalized spacial score (nSPS) is 11.3. The second-order valence-corrected chi connectivity index (χ2v) is 4.57. The van der Waals surface area contributed by atoms with E-state index >= 15 is 0 Å². The van der Waals surface area contributed by atoms with Crippen LogP contribution >= 0.6 is 0 Å². The molecule has 0 aromatic heterocycles. The van der Waals surface area contributed by atoms with Crippen molar-refractivity contribution in [1.29, 1.82) is 0 Å². The number of hydrogen-bond acceptors (Lipinski definition) is 2. The van der Waals surface area contributed by atoms with Crippen molar-refractivity contribution < 1.29 is 5.11 Å². The van der Waals surface area contributed by atoms with Crippen LogP contribution in [0.1, 0.15) is 25.0 Å². The van der Waals surface area contributed by atoms with Crippen molar-refractivity contribution in [1.82, 2.24) is 4.90 Å². The van der Waals surface area contributed by atoms with Gasteiger partial charge in [-0.05, 0) is 24.1 Å². The molecular weight excluding hydrogens is 186 g/mol. The number of aliphatic hydroxyl groups is 1. The third kappa shape index (κ3) is 4.45. The number of hydrogen-bond donors (Lipinski definition) is 1. The van der Waals surface area contributed by atoms with Gasteiger partial charge >= 0.3 is 0 Å². The summed E-state index contributed by atoms with van der Waals surface area (Å²) in [6.45, 7) is 6.62. The van der Waals surface area contributed by atoms with E-state index in [4.69, 9.17) is 5.11 Å². The average molecular weight is 207 g/mol. The molecule has 0 radical (unpaired) electrons. The van der Waals surface area contributed by atoms with Gasteiger partial charge in [-0.3, -0.25) is 0 Å². The molecule has 0 bridgehead atoms. The lowest BCUT2D eigenvalue weighted by Crippen LogP contribution is -2.22. The summed E-state index contributed by atoms with van der Waals surface area (Å²) in [6, 6.07) is 8.13. The highest BCUT2D eigenvalue weighted by Gasteiger charge is 2.03. The van der Waals surface area contributed by atoms with Crippen molar-refractivity contribution >= 4 is 0 Å². The minimum atomic E-state index is 0.127. The lowest BCUT2D eigenvalue weighted by Gasteiger charge is -2.19. The van der Waals surface area contributed by atoms with E-state index in [1.54, 1.807) is 0 Å². The zero-order valence-electron chi connectivity index (χ0n) is 9.90. The average Bonchev–Trinajstić information content (AvgIpc) is 2.16. The Bertz CT molecular complexity index is 296. The molecular formula is C13H21NO. The summed E-state index contributed by atoms with van der Waals surface area (Å²) in [7, 11) is 2.13. The fraction of sp³-hybridized carbons (Fsp3) is 0.538. The Morgan fingerprint density at radius 3 is 2.53 bits per heavy atom. The third-order valence-corrected chi connectivity index (χ3v) is 2.30. The topological polar surface area (TPSA) is 23.5 Å². The molecule has 0 aliphatic heterocycles. The highest BCUT2D eigenvalue weighted by atomic mass is 16.3. The minimum absolute atomic E-state index is 0.127. The predicted octanol–water partition coefficient (Wildman–Crippen LogP) is 2.27. The van der Waals surface area contributed by atoms with Gasteiger partial charge in [-0.1, -0.05) is 38.1 Å². The highest BCUT2D eigenvalue weighted by molar-refractivity contribution is 5.22. The zero-order chi connectivity index (χ0) is 11.3. The number of nitrogens with zero attached hydrogens (tertiary/aromatic N) is 1. The van der Waals surface area contributed by atoms with Gasteiger partial charge in [0.15, 0.2) is 0 Å². The molecule has 0 unspecified atom stereocenters. The van der Waals surface area contributed by atoms with Crippen LogP contribution in [0.15, 0.2) is 24.3 Å². The zero-order valence-corrected chi connectivity index (χ0v) is 9.90. The van der Waals surface area contributed by atoms with Gasteiger partial charge in [-0.15, -0.1) is 0 Å². The molecule has 0 spiro atoms. The molecule has 0 aliphatic rings. The molecule has 0 atom stereocenters. The van der Waals surface area contributed by atoms with Crippen molar-refractivity contribution in [3.63, 3.8) is 0 Å². The third-order valence-electron chi connectivity index (χ3n) is 2.30. The Labute approximate surface area is 92.5 Å². The first-order valence-corrected chi connectivity index (χ1v) is 5.49. The maximum absolute atomic E-state index is 9.03. The smallest absolute Gasteiger partial charge is 0.0681 e. The van der Waals surface area contributed by atoms with Gasteiger partial charge in [-0.25, -0.2) is 0 Å². The number of aliphatic hydroxyl groups excluding tert-OH is 1.